The van der Waals surface area contributed by atoms with Crippen molar-refractivity contribution in [3.8, 4) is 0 Å². The van der Waals surface area contributed by atoms with Crippen LogP contribution in [0.15, 0.2) is 24.7 Å². The molecule has 0 N–H and O–H groups in total. The normalized spacial score (nSPS) is 11.3. The molecule has 0 saturated heterocycles. The summed E-state index contributed by atoms with van der Waals surface area (Å²) in [5, 5.41) is 0. The zero-order valence-corrected chi connectivity index (χ0v) is 6.88. The van der Waals surface area contributed by atoms with Crippen molar-refractivity contribution in [2.45, 2.75) is 0 Å². The Morgan fingerprint density at radius 1 is 1.50 bits per heavy atom. The summed E-state index contributed by atoms with van der Waals surface area (Å²) in [7, 11) is 0. The number of hydrogen-bond donors (Lipinski definition) is 0. The molecule has 3 rings (SSSR count). The van der Waals surface area contributed by atoms with Crippen molar-refractivity contribution in [1.29, 1.82) is 0 Å². The molecule has 0 bridgehead atoms. The predicted octanol–water partition coefficient (Wildman–Crippen LogP) is 1.74. The fourth-order valence-corrected chi connectivity index (χ4v) is 2.16. The Labute approximate surface area is 72.3 Å². The number of nitrogens with zero attached hydrogens (tertiary/aromatic N) is 3. The first-order valence-corrected chi connectivity index (χ1v) is 4.34. The SMILES string of the molecule is [c]1cn2c(n1)sc1ccncc12. The van der Waals surface area contributed by atoms with E-state index >= 15 is 0 Å². The minimum Gasteiger partial charge on any atom is -0.288 e. The Bertz CT molecular complexity index is 536. The molecule has 0 atom stereocenters. The molecule has 4 heteroatoms. The third kappa shape index (κ3) is 0.648. The lowest BCUT2D eigenvalue weighted by atomic mass is 10.4. The van der Waals surface area contributed by atoms with E-state index in [4.69, 9.17) is 0 Å². The van der Waals surface area contributed by atoms with Crippen molar-refractivity contribution in [3.05, 3.63) is 30.9 Å². The number of pyridine rings is 1. The average Bonchev–Trinajstić information content (AvgIpc) is 2.62. The Kier molecular flexibility index (Phi) is 1.04. The molecule has 0 unspecified atom stereocenters. The summed E-state index contributed by atoms with van der Waals surface area (Å²) in [5.41, 5.74) is 1.10. The Morgan fingerprint density at radius 2 is 2.50 bits per heavy atom. The van der Waals surface area contributed by atoms with Crippen LogP contribution in [-0.4, -0.2) is 14.4 Å². The van der Waals surface area contributed by atoms with Crippen LogP contribution in [-0.2, 0) is 0 Å². The number of fused-ring (bicyclic) bond motifs is 3. The van der Waals surface area contributed by atoms with E-state index in [0.29, 0.717) is 0 Å². The van der Waals surface area contributed by atoms with Gasteiger partial charge in [0.1, 0.15) is 6.20 Å². The van der Waals surface area contributed by atoms with Crippen molar-refractivity contribution >= 4 is 26.5 Å². The van der Waals surface area contributed by atoms with Gasteiger partial charge in [-0.3, -0.25) is 9.38 Å². The lowest BCUT2D eigenvalue weighted by Gasteiger charge is -1.86. The molecule has 0 aliphatic carbocycles. The molecular weight excluding hydrogens is 170 g/mol. The third-order valence-corrected chi connectivity index (χ3v) is 2.81. The number of thiazole rings is 1. The van der Waals surface area contributed by atoms with Crippen LogP contribution in [0.25, 0.3) is 15.2 Å². The standard InChI is InChI=1S/C8H4N3S/c1-2-9-5-6-7(1)12-8-10-3-4-11(6)8/h1-2,4-5H. The first-order valence-electron chi connectivity index (χ1n) is 3.53. The molecule has 57 valence electrons. The summed E-state index contributed by atoms with van der Waals surface area (Å²) in [6, 6.07) is 1.99. The fourth-order valence-electron chi connectivity index (χ4n) is 1.23. The van der Waals surface area contributed by atoms with Gasteiger partial charge in [-0.15, -0.1) is 0 Å². The Morgan fingerprint density at radius 3 is 3.50 bits per heavy atom. The monoisotopic (exact) mass is 174 g/mol. The van der Waals surface area contributed by atoms with Gasteiger partial charge in [0.15, 0.2) is 4.96 Å². The van der Waals surface area contributed by atoms with Gasteiger partial charge in [0.05, 0.1) is 16.4 Å². The molecule has 0 saturated carbocycles. The number of rotatable bonds is 0. The van der Waals surface area contributed by atoms with Crippen LogP contribution in [0.4, 0.5) is 0 Å². The second-order valence-corrected chi connectivity index (χ2v) is 3.48. The summed E-state index contributed by atoms with van der Waals surface area (Å²) in [6.07, 6.45) is 8.27. The zero-order valence-electron chi connectivity index (χ0n) is 6.06. The maximum atomic E-state index is 4.08. The van der Waals surface area contributed by atoms with E-state index < -0.39 is 0 Å². The van der Waals surface area contributed by atoms with E-state index in [1.54, 1.807) is 17.5 Å². The van der Waals surface area contributed by atoms with Gasteiger partial charge in [0.2, 0.25) is 0 Å². The molecule has 3 aromatic heterocycles. The first-order chi connectivity index (χ1) is 5.95. The van der Waals surface area contributed by atoms with Gasteiger partial charge in [-0.25, -0.2) is 4.98 Å². The number of hydrogen-bond acceptors (Lipinski definition) is 3. The highest BCUT2D eigenvalue weighted by molar-refractivity contribution is 7.23. The Hall–Kier alpha value is -1.42. The summed E-state index contributed by atoms with van der Waals surface area (Å²) in [4.78, 5) is 9.11. The van der Waals surface area contributed by atoms with E-state index in [9.17, 15) is 0 Å². The quantitative estimate of drug-likeness (QED) is 0.519. The molecule has 0 aliphatic rings. The van der Waals surface area contributed by atoms with Gasteiger partial charge in [-0.2, -0.15) is 0 Å². The van der Waals surface area contributed by atoms with Gasteiger partial charge in [-0.05, 0) is 6.07 Å². The molecule has 0 fully saturated rings. The molecular formula is C8H4N3S. The minimum absolute atomic E-state index is 0.970. The van der Waals surface area contributed by atoms with Crippen LogP contribution >= 0.6 is 11.3 Å². The Balaban J connectivity index is 2.68. The van der Waals surface area contributed by atoms with Gasteiger partial charge in [-0.1, -0.05) is 11.3 Å². The molecule has 0 spiro atoms. The highest BCUT2D eigenvalue weighted by Crippen LogP contribution is 2.23. The van der Waals surface area contributed by atoms with E-state index in [-0.39, 0.29) is 0 Å². The van der Waals surface area contributed by atoms with Crippen LogP contribution in [0.5, 0.6) is 0 Å². The first kappa shape index (κ1) is 6.14. The highest BCUT2D eigenvalue weighted by atomic mass is 32.1. The predicted molar refractivity (Wildman–Crippen MR) is 47.2 cm³/mol. The van der Waals surface area contributed by atoms with E-state index in [1.807, 2.05) is 22.9 Å². The number of imidazole rings is 1. The lowest BCUT2D eigenvalue weighted by Crippen LogP contribution is -1.76. The maximum Gasteiger partial charge on any atom is 0.195 e. The van der Waals surface area contributed by atoms with Crippen LogP contribution in [0.1, 0.15) is 0 Å². The van der Waals surface area contributed by atoms with Crippen molar-refractivity contribution in [1.82, 2.24) is 14.4 Å². The molecule has 0 aliphatic heterocycles. The molecule has 3 nitrogen and oxygen atoms in total. The average molecular weight is 174 g/mol. The molecule has 3 aromatic rings. The van der Waals surface area contributed by atoms with Gasteiger partial charge >= 0.3 is 0 Å². The van der Waals surface area contributed by atoms with Gasteiger partial charge in [0, 0.05) is 12.4 Å². The molecule has 3 heterocycles. The van der Waals surface area contributed by atoms with Crippen molar-refractivity contribution in [2.24, 2.45) is 0 Å². The highest BCUT2D eigenvalue weighted by Gasteiger charge is 2.03. The summed E-state index contributed by atoms with van der Waals surface area (Å²) >= 11 is 1.65. The minimum atomic E-state index is 0.970. The van der Waals surface area contributed by atoms with Crippen molar-refractivity contribution in [3.63, 3.8) is 0 Å². The van der Waals surface area contributed by atoms with Gasteiger partial charge in [0.25, 0.3) is 0 Å². The second-order valence-electron chi connectivity index (χ2n) is 2.47. The van der Waals surface area contributed by atoms with E-state index in [2.05, 4.69) is 16.2 Å². The van der Waals surface area contributed by atoms with E-state index in [1.165, 1.54) is 4.70 Å². The van der Waals surface area contributed by atoms with Crippen molar-refractivity contribution < 1.29 is 0 Å². The fraction of sp³-hybridized carbons (Fsp3) is 0. The number of aromatic nitrogens is 3. The second kappa shape index (κ2) is 2.04. The van der Waals surface area contributed by atoms with Gasteiger partial charge < -0.3 is 0 Å². The smallest absolute Gasteiger partial charge is 0.195 e. The maximum absolute atomic E-state index is 4.08. The van der Waals surface area contributed by atoms with Crippen LogP contribution in [0, 0.1) is 6.20 Å². The topological polar surface area (TPSA) is 30.2 Å². The zero-order chi connectivity index (χ0) is 7.97. The van der Waals surface area contributed by atoms with Crippen LogP contribution in [0.2, 0.25) is 0 Å². The van der Waals surface area contributed by atoms with Crippen molar-refractivity contribution in [2.75, 3.05) is 0 Å². The summed E-state index contributed by atoms with van der Waals surface area (Å²) in [5.74, 6) is 0. The van der Waals surface area contributed by atoms with Crippen LogP contribution < -0.4 is 0 Å². The summed E-state index contributed by atoms with van der Waals surface area (Å²) in [6.45, 7) is 0. The molecule has 12 heavy (non-hydrogen) atoms. The summed E-state index contributed by atoms with van der Waals surface area (Å²) < 4.78 is 3.20. The lowest BCUT2D eigenvalue weighted by molar-refractivity contribution is 1.26. The molecule has 0 aromatic carbocycles. The van der Waals surface area contributed by atoms with Crippen LogP contribution in [0.3, 0.4) is 0 Å². The molecule has 1 radical (unpaired) electrons. The van der Waals surface area contributed by atoms with E-state index in [0.717, 1.165) is 10.5 Å². The molecule has 0 amide bonds. The third-order valence-electron chi connectivity index (χ3n) is 1.78. The largest absolute Gasteiger partial charge is 0.288 e.